The summed E-state index contributed by atoms with van der Waals surface area (Å²) >= 11 is 0. The fourth-order valence-electron chi connectivity index (χ4n) is 4.41. The van der Waals surface area contributed by atoms with Crippen molar-refractivity contribution in [2.75, 3.05) is 31.1 Å². The van der Waals surface area contributed by atoms with E-state index in [1.54, 1.807) is 0 Å². The molecule has 2 aliphatic heterocycles. The minimum absolute atomic E-state index is 0.726. The SMILES string of the molecule is CCCCN1C[C@H]2CCN(c3ccc(-c4ccccc4)cc3)[C@H]2C1. The molecule has 0 spiro atoms. The molecule has 2 atom stereocenters. The summed E-state index contributed by atoms with van der Waals surface area (Å²) in [5.41, 5.74) is 4.01. The summed E-state index contributed by atoms with van der Waals surface area (Å²) in [4.78, 5) is 5.34. The molecule has 2 aromatic rings. The molecule has 2 heteroatoms. The van der Waals surface area contributed by atoms with Crippen LogP contribution in [0.2, 0.25) is 0 Å². The van der Waals surface area contributed by atoms with Gasteiger partial charge in [0.2, 0.25) is 0 Å². The van der Waals surface area contributed by atoms with Gasteiger partial charge in [-0.1, -0.05) is 55.8 Å². The fraction of sp³-hybridized carbons (Fsp3) is 0.455. The number of unbranched alkanes of at least 4 members (excludes halogenated alkanes) is 1. The molecule has 2 aromatic carbocycles. The molecule has 24 heavy (non-hydrogen) atoms. The van der Waals surface area contributed by atoms with Crippen molar-refractivity contribution < 1.29 is 0 Å². The van der Waals surface area contributed by atoms with Crippen molar-refractivity contribution in [2.24, 2.45) is 5.92 Å². The third-order valence-corrected chi connectivity index (χ3v) is 5.76. The fourth-order valence-corrected chi connectivity index (χ4v) is 4.41. The maximum atomic E-state index is 2.68. The molecule has 0 bridgehead atoms. The second-order valence-electron chi connectivity index (χ2n) is 7.34. The summed E-state index contributed by atoms with van der Waals surface area (Å²) in [5.74, 6) is 0.871. The Morgan fingerprint density at radius 2 is 1.67 bits per heavy atom. The molecule has 0 radical (unpaired) electrons. The van der Waals surface area contributed by atoms with Crippen LogP contribution in [0.3, 0.4) is 0 Å². The van der Waals surface area contributed by atoms with E-state index in [1.165, 1.54) is 62.3 Å². The zero-order valence-corrected chi connectivity index (χ0v) is 14.7. The minimum Gasteiger partial charge on any atom is -0.367 e. The van der Waals surface area contributed by atoms with Crippen molar-refractivity contribution in [2.45, 2.75) is 32.2 Å². The van der Waals surface area contributed by atoms with Crippen molar-refractivity contribution in [1.82, 2.24) is 4.90 Å². The van der Waals surface area contributed by atoms with Crippen LogP contribution in [0, 0.1) is 5.92 Å². The van der Waals surface area contributed by atoms with Gasteiger partial charge < -0.3 is 9.80 Å². The van der Waals surface area contributed by atoms with Crippen molar-refractivity contribution in [1.29, 1.82) is 0 Å². The highest BCUT2D eigenvalue weighted by molar-refractivity contribution is 5.66. The van der Waals surface area contributed by atoms with Crippen LogP contribution in [0.4, 0.5) is 5.69 Å². The first-order valence-corrected chi connectivity index (χ1v) is 9.49. The Labute approximate surface area is 146 Å². The van der Waals surface area contributed by atoms with Crippen molar-refractivity contribution in [3.8, 4) is 11.1 Å². The normalized spacial score (nSPS) is 23.6. The van der Waals surface area contributed by atoms with Gasteiger partial charge in [0, 0.05) is 31.4 Å². The highest BCUT2D eigenvalue weighted by Gasteiger charge is 2.40. The van der Waals surface area contributed by atoms with Crippen LogP contribution in [-0.4, -0.2) is 37.1 Å². The Balaban J connectivity index is 1.46. The number of hydrogen-bond acceptors (Lipinski definition) is 2. The largest absolute Gasteiger partial charge is 0.367 e. The van der Waals surface area contributed by atoms with Crippen LogP contribution in [0.5, 0.6) is 0 Å². The van der Waals surface area contributed by atoms with E-state index in [1.807, 2.05) is 0 Å². The molecule has 2 heterocycles. The first kappa shape index (κ1) is 15.7. The first-order chi connectivity index (χ1) is 11.8. The smallest absolute Gasteiger partial charge is 0.0458 e. The van der Waals surface area contributed by atoms with E-state index in [0.29, 0.717) is 0 Å². The van der Waals surface area contributed by atoms with E-state index in [2.05, 4.69) is 71.3 Å². The topological polar surface area (TPSA) is 6.48 Å². The summed E-state index contributed by atoms with van der Waals surface area (Å²) in [6.07, 6.45) is 4.00. The summed E-state index contributed by atoms with van der Waals surface area (Å²) in [7, 11) is 0. The molecule has 2 nitrogen and oxygen atoms in total. The molecule has 0 N–H and O–H groups in total. The molecular weight excluding hydrogens is 292 g/mol. The Kier molecular flexibility index (Phi) is 4.57. The van der Waals surface area contributed by atoms with Gasteiger partial charge in [-0.15, -0.1) is 0 Å². The standard InChI is InChI=1S/C22H28N2/c1-2-3-14-23-16-20-13-15-24(22(20)17-23)21-11-9-19(10-12-21)18-7-5-4-6-8-18/h4-12,20,22H,2-3,13-17H2,1H3/t20-,22+/m1/s1. The zero-order valence-electron chi connectivity index (χ0n) is 14.7. The van der Waals surface area contributed by atoms with Crippen molar-refractivity contribution >= 4 is 5.69 Å². The number of hydrogen-bond donors (Lipinski definition) is 0. The lowest BCUT2D eigenvalue weighted by molar-refractivity contribution is 0.312. The van der Waals surface area contributed by atoms with Crippen LogP contribution in [0.1, 0.15) is 26.2 Å². The molecule has 0 aromatic heterocycles. The maximum Gasteiger partial charge on any atom is 0.0458 e. The van der Waals surface area contributed by atoms with Gasteiger partial charge in [-0.25, -0.2) is 0 Å². The van der Waals surface area contributed by atoms with Gasteiger partial charge in [0.25, 0.3) is 0 Å². The molecule has 0 aliphatic carbocycles. The zero-order chi connectivity index (χ0) is 16.4. The van der Waals surface area contributed by atoms with Crippen LogP contribution in [0.25, 0.3) is 11.1 Å². The third kappa shape index (κ3) is 3.08. The number of anilines is 1. The highest BCUT2D eigenvalue weighted by Crippen LogP contribution is 2.35. The number of fused-ring (bicyclic) bond motifs is 1. The molecule has 2 saturated heterocycles. The third-order valence-electron chi connectivity index (χ3n) is 5.76. The lowest BCUT2D eigenvalue weighted by atomic mass is 10.0. The predicted molar refractivity (Wildman–Crippen MR) is 102 cm³/mol. The predicted octanol–water partition coefficient (Wildman–Crippen LogP) is 4.66. The Hall–Kier alpha value is -1.80. The van der Waals surface area contributed by atoms with Crippen LogP contribution in [0.15, 0.2) is 54.6 Å². The quantitative estimate of drug-likeness (QED) is 0.790. The lowest BCUT2D eigenvalue weighted by Crippen LogP contribution is -2.35. The van der Waals surface area contributed by atoms with Gasteiger partial charge in [0.05, 0.1) is 0 Å². The van der Waals surface area contributed by atoms with E-state index in [4.69, 9.17) is 0 Å². The second-order valence-corrected chi connectivity index (χ2v) is 7.34. The lowest BCUT2D eigenvalue weighted by Gasteiger charge is -2.27. The van der Waals surface area contributed by atoms with Gasteiger partial charge >= 0.3 is 0 Å². The van der Waals surface area contributed by atoms with Crippen molar-refractivity contribution in [3.63, 3.8) is 0 Å². The summed E-state index contributed by atoms with van der Waals surface area (Å²) in [5, 5.41) is 0. The van der Waals surface area contributed by atoms with Crippen molar-refractivity contribution in [3.05, 3.63) is 54.6 Å². The molecule has 126 valence electrons. The molecule has 0 amide bonds. The van der Waals surface area contributed by atoms with Gasteiger partial charge in [-0.05, 0) is 48.6 Å². The number of likely N-dealkylation sites (tertiary alicyclic amines) is 1. The van der Waals surface area contributed by atoms with Gasteiger partial charge in [-0.2, -0.15) is 0 Å². The van der Waals surface area contributed by atoms with E-state index in [-0.39, 0.29) is 0 Å². The molecule has 0 unspecified atom stereocenters. The number of benzene rings is 2. The van der Waals surface area contributed by atoms with E-state index in [0.717, 1.165) is 12.0 Å². The first-order valence-electron chi connectivity index (χ1n) is 9.49. The molecule has 2 aliphatic rings. The minimum atomic E-state index is 0.726. The van der Waals surface area contributed by atoms with Crippen LogP contribution in [-0.2, 0) is 0 Å². The second kappa shape index (κ2) is 6.98. The maximum absolute atomic E-state index is 2.68. The molecule has 4 rings (SSSR count). The molecule has 0 saturated carbocycles. The summed E-state index contributed by atoms with van der Waals surface area (Å²) in [6, 6.07) is 20.6. The molecule has 2 fully saturated rings. The van der Waals surface area contributed by atoms with Crippen LogP contribution < -0.4 is 4.90 Å². The van der Waals surface area contributed by atoms with E-state index < -0.39 is 0 Å². The monoisotopic (exact) mass is 320 g/mol. The summed E-state index contributed by atoms with van der Waals surface area (Å²) < 4.78 is 0. The number of nitrogens with zero attached hydrogens (tertiary/aromatic N) is 2. The highest BCUT2D eigenvalue weighted by atomic mass is 15.3. The Bertz CT molecular complexity index is 649. The average molecular weight is 320 g/mol. The van der Waals surface area contributed by atoms with Gasteiger partial charge in [0.15, 0.2) is 0 Å². The van der Waals surface area contributed by atoms with E-state index >= 15 is 0 Å². The molecular formula is C22H28N2. The number of rotatable bonds is 5. The Morgan fingerprint density at radius 3 is 2.42 bits per heavy atom. The van der Waals surface area contributed by atoms with Gasteiger partial charge in [-0.3, -0.25) is 0 Å². The van der Waals surface area contributed by atoms with Crippen LogP contribution >= 0.6 is 0 Å². The average Bonchev–Trinajstić information content (AvgIpc) is 3.21. The summed E-state index contributed by atoms with van der Waals surface area (Å²) in [6.45, 7) is 7.36. The Morgan fingerprint density at radius 1 is 0.917 bits per heavy atom. The van der Waals surface area contributed by atoms with E-state index in [9.17, 15) is 0 Å². The van der Waals surface area contributed by atoms with Gasteiger partial charge in [0.1, 0.15) is 0 Å².